The van der Waals surface area contributed by atoms with E-state index in [9.17, 15) is 4.21 Å². The Morgan fingerprint density at radius 1 is 1.50 bits per heavy atom. The number of aromatic nitrogens is 1. The molecule has 0 unspecified atom stereocenters. The number of hydrogen-bond acceptors (Lipinski definition) is 5. The largest absolute Gasteiger partial charge is 0.397 e. The van der Waals surface area contributed by atoms with Crippen molar-refractivity contribution >= 4 is 22.3 Å². The van der Waals surface area contributed by atoms with Crippen LogP contribution in [0.4, 0.5) is 11.5 Å². The molecular weight excluding hydrogens is 224 g/mol. The zero-order valence-electron chi connectivity index (χ0n) is 8.72. The molecule has 84 valence electrons. The van der Waals surface area contributed by atoms with Crippen molar-refractivity contribution in [2.24, 2.45) is 0 Å². The fraction of sp³-hybridized carbons (Fsp3) is 0.400. The predicted molar refractivity (Wildman–Crippen MR) is 63.5 cm³/mol. The van der Waals surface area contributed by atoms with Gasteiger partial charge in [0.2, 0.25) is 0 Å². The van der Waals surface area contributed by atoms with Crippen molar-refractivity contribution in [3.63, 3.8) is 0 Å². The van der Waals surface area contributed by atoms with Crippen molar-refractivity contribution < 1.29 is 4.21 Å². The zero-order valence-corrected chi connectivity index (χ0v) is 9.54. The van der Waals surface area contributed by atoms with E-state index < -0.39 is 10.8 Å². The summed E-state index contributed by atoms with van der Waals surface area (Å²) in [6.07, 6.45) is 1.54. The average molecular weight is 236 g/mol. The molecule has 0 bridgehead atoms. The van der Waals surface area contributed by atoms with Crippen LogP contribution in [-0.4, -0.2) is 33.8 Å². The SMILES string of the molecule is N#Cc1cc(N)cnc1N1CCS(=O)CC1. The summed E-state index contributed by atoms with van der Waals surface area (Å²) in [4.78, 5) is 6.16. The van der Waals surface area contributed by atoms with Gasteiger partial charge in [0.15, 0.2) is 0 Å². The highest BCUT2D eigenvalue weighted by atomic mass is 32.2. The number of nitrogens with two attached hydrogens (primary N) is 1. The van der Waals surface area contributed by atoms with Crippen molar-refractivity contribution in [2.45, 2.75) is 0 Å². The van der Waals surface area contributed by atoms with Gasteiger partial charge in [0.05, 0.1) is 17.4 Å². The van der Waals surface area contributed by atoms with Gasteiger partial charge in [-0.2, -0.15) is 5.26 Å². The van der Waals surface area contributed by atoms with Crippen LogP contribution in [0.25, 0.3) is 0 Å². The van der Waals surface area contributed by atoms with Crippen molar-refractivity contribution in [3.8, 4) is 6.07 Å². The lowest BCUT2D eigenvalue weighted by atomic mass is 10.2. The fourth-order valence-electron chi connectivity index (χ4n) is 1.66. The summed E-state index contributed by atoms with van der Waals surface area (Å²) in [5.41, 5.74) is 6.54. The molecule has 0 atom stereocenters. The molecule has 0 aliphatic carbocycles. The number of rotatable bonds is 1. The van der Waals surface area contributed by atoms with E-state index in [-0.39, 0.29) is 0 Å². The van der Waals surface area contributed by atoms with Gasteiger partial charge in [0.1, 0.15) is 11.9 Å². The second-order valence-corrected chi connectivity index (χ2v) is 5.28. The van der Waals surface area contributed by atoms with Crippen molar-refractivity contribution in [3.05, 3.63) is 17.8 Å². The van der Waals surface area contributed by atoms with Crippen LogP contribution < -0.4 is 10.6 Å². The molecule has 2 rings (SSSR count). The molecule has 1 aliphatic heterocycles. The number of nitrogens with zero attached hydrogens (tertiary/aromatic N) is 3. The number of pyridine rings is 1. The summed E-state index contributed by atoms with van der Waals surface area (Å²) in [7, 11) is -0.725. The third-order valence-electron chi connectivity index (χ3n) is 2.49. The standard InChI is InChI=1S/C10H12N4OS/c11-6-8-5-9(12)7-13-10(8)14-1-3-16(15)4-2-14/h5,7H,1-4,12H2. The Morgan fingerprint density at radius 3 is 2.81 bits per heavy atom. The summed E-state index contributed by atoms with van der Waals surface area (Å²) < 4.78 is 11.2. The number of anilines is 2. The van der Waals surface area contributed by atoms with Gasteiger partial charge < -0.3 is 10.6 Å². The van der Waals surface area contributed by atoms with Gasteiger partial charge in [-0.1, -0.05) is 0 Å². The molecule has 1 aromatic rings. The maximum absolute atomic E-state index is 11.2. The Hall–Kier alpha value is -1.61. The average Bonchev–Trinajstić information content (AvgIpc) is 2.30. The first-order valence-electron chi connectivity index (χ1n) is 4.96. The third-order valence-corrected chi connectivity index (χ3v) is 3.76. The second-order valence-electron chi connectivity index (χ2n) is 3.59. The molecule has 0 amide bonds. The molecule has 1 aliphatic rings. The van der Waals surface area contributed by atoms with Gasteiger partial charge >= 0.3 is 0 Å². The lowest BCUT2D eigenvalue weighted by Gasteiger charge is -2.27. The Kier molecular flexibility index (Phi) is 3.06. The first-order chi connectivity index (χ1) is 7.70. The third kappa shape index (κ3) is 2.14. The maximum Gasteiger partial charge on any atom is 0.146 e. The van der Waals surface area contributed by atoms with Crippen LogP contribution in [0.3, 0.4) is 0 Å². The Bertz CT molecular complexity index is 458. The lowest BCUT2D eigenvalue weighted by molar-refractivity contribution is 0.672. The van der Waals surface area contributed by atoms with Gasteiger partial charge in [-0.05, 0) is 6.07 Å². The van der Waals surface area contributed by atoms with Crippen molar-refractivity contribution in [1.29, 1.82) is 5.26 Å². The molecule has 5 nitrogen and oxygen atoms in total. The van der Waals surface area contributed by atoms with Crippen molar-refractivity contribution in [2.75, 3.05) is 35.2 Å². The van der Waals surface area contributed by atoms with E-state index in [2.05, 4.69) is 11.1 Å². The van der Waals surface area contributed by atoms with E-state index in [1.54, 1.807) is 12.3 Å². The summed E-state index contributed by atoms with van der Waals surface area (Å²) in [5.74, 6) is 1.92. The molecule has 1 fully saturated rings. The summed E-state index contributed by atoms with van der Waals surface area (Å²) in [6.45, 7) is 1.36. The number of nitriles is 1. The van der Waals surface area contributed by atoms with Gasteiger partial charge in [-0.15, -0.1) is 0 Å². The lowest BCUT2D eigenvalue weighted by Crippen LogP contribution is -2.38. The van der Waals surface area contributed by atoms with E-state index in [0.29, 0.717) is 41.7 Å². The quantitative estimate of drug-likeness (QED) is 0.748. The summed E-state index contributed by atoms with van der Waals surface area (Å²) >= 11 is 0. The first kappa shape index (κ1) is 10.9. The van der Waals surface area contributed by atoms with E-state index in [1.807, 2.05) is 4.90 Å². The molecule has 0 aromatic carbocycles. The Morgan fingerprint density at radius 2 is 2.19 bits per heavy atom. The van der Waals surface area contributed by atoms with Crippen LogP contribution in [0.2, 0.25) is 0 Å². The first-order valence-corrected chi connectivity index (χ1v) is 6.45. The zero-order chi connectivity index (χ0) is 11.5. The molecule has 0 spiro atoms. The molecule has 1 saturated heterocycles. The molecule has 0 saturated carbocycles. The maximum atomic E-state index is 11.2. The fourth-order valence-corrected chi connectivity index (χ4v) is 2.71. The molecule has 6 heteroatoms. The van der Waals surface area contributed by atoms with Crippen LogP contribution in [0.5, 0.6) is 0 Å². The molecule has 2 heterocycles. The second kappa shape index (κ2) is 4.49. The molecule has 2 N–H and O–H groups in total. The number of hydrogen-bond donors (Lipinski definition) is 1. The van der Waals surface area contributed by atoms with Crippen LogP contribution in [0.15, 0.2) is 12.3 Å². The highest BCUT2D eigenvalue weighted by molar-refractivity contribution is 7.85. The van der Waals surface area contributed by atoms with Crippen LogP contribution in [0.1, 0.15) is 5.56 Å². The number of nitrogen functional groups attached to an aromatic ring is 1. The smallest absolute Gasteiger partial charge is 0.146 e. The minimum absolute atomic E-state index is 0.479. The Labute approximate surface area is 96.3 Å². The van der Waals surface area contributed by atoms with E-state index in [1.165, 1.54) is 0 Å². The minimum Gasteiger partial charge on any atom is -0.397 e. The molecule has 16 heavy (non-hydrogen) atoms. The van der Waals surface area contributed by atoms with E-state index >= 15 is 0 Å². The van der Waals surface area contributed by atoms with E-state index in [4.69, 9.17) is 11.0 Å². The summed E-state index contributed by atoms with van der Waals surface area (Å²) in [5, 5.41) is 8.99. The minimum atomic E-state index is -0.725. The molecular formula is C10H12N4OS. The predicted octanol–water partition coefficient (Wildman–Crippen LogP) is 0.104. The van der Waals surface area contributed by atoms with Gasteiger partial charge in [0.25, 0.3) is 0 Å². The topological polar surface area (TPSA) is 83.0 Å². The van der Waals surface area contributed by atoms with Gasteiger partial charge in [0, 0.05) is 35.4 Å². The van der Waals surface area contributed by atoms with Gasteiger partial charge in [-0.25, -0.2) is 4.98 Å². The highest BCUT2D eigenvalue weighted by Crippen LogP contribution is 2.20. The summed E-state index contributed by atoms with van der Waals surface area (Å²) in [6, 6.07) is 3.70. The molecule has 1 aromatic heterocycles. The molecule has 0 radical (unpaired) electrons. The highest BCUT2D eigenvalue weighted by Gasteiger charge is 2.19. The van der Waals surface area contributed by atoms with Crippen LogP contribution >= 0.6 is 0 Å². The van der Waals surface area contributed by atoms with Crippen LogP contribution in [-0.2, 0) is 10.8 Å². The normalized spacial score (nSPS) is 17.1. The monoisotopic (exact) mass is 236 g/mol. The Balaban J connectivity index is 2.27. The van der Waals surface area contributed by atoms with E-state index in [0.717, 1.165) is 0 Å². The van der Waals surface area contributed by atoms with Gasteiger partial charge in [-0.3, -0.25) is 4.21 Å². The van der Waals surface area contributed by atoms with Crippen LogP contribution in [0, 0.1) is 11.3 Å². The van der Waals surface area contributed by atoms with Crippen molar-refractivity contribution in [1.82, 2.24) is 4.98 Å².